The monoisotopic (exact) mass is 248 g/mol. The zero-order valence-electron chi connectivity index (χ0n) is 11.1. The van der Waals surface area contributed by atoms with Gasteiger partial charge in [-0.1, -0.05) is 37.3 Å². The Morgan fingerprint density at radius 2 is 2.11 bits per heavy atom. The van der Waals surface area contributed by atoms with Crippen molar-refractivity contribution in [3.63, 3.8) is 0 Å². The summed E-state index contributed by atoms with van der Waals surface area (Å²) in [4.78, 5) is 2.42. The van der Waals surface area contributed by atoms with E-state index >= 15 is 0 Å². The summed E-state index contributed by atoms with van der Waals surface area (Å²) in [5, 5.41) is 9.15. The smallest absolute Gasteiger partial charge is 0.0471 e. The molecule has 2 rings (SSSR count). The van der Waals surface area contributed by atoms with Gasteiger partial charge in [0.1, 0.15) is 0 Å². The van der Waals surface area contributed by atoms with E-state index in [0.29, 0.717) is 18.4 Å². The van der Waals surface area contributed by atoms with E-state index in [4.69, 9.17) is 10.8 Å². The lowest BCUT2D eigenvalue weighted by molar-refractivity contribution is 0.210. The zero-order valence-corrected chi connectivity index (χ0v) is 11.1. The molecular formula is C15H24N2O. The van der Waals surface area contributed by atoms with Gasteiger partial charge < -0.3 is 15.7 Å². The molecule has 3 atom stereocenters. The first-order valence-electron chi connectivity index (χ1n) is 6.84. The van der Waals surface area contributed by atoms with Crippen molar-refractivity contribution in [2.24, 2.45) is 17.6 Å². The fourth-order valence-corrected chi connectivity index (χ4v) is 2.75. The minimum atomic E-state index is 0.0966. The quantitative estimate of drug-likeness (QED) is 0.833. The molecule has 1 aliphatic heterocycles. The Balaban J connectivity index is 1.86. The molecular weight excluding hydrogens is 224 g/mol. The fraction of sp³-hybridized carbons (Fsp3) is 0.600. The lowest BCUT2D eigenvalue weighted by atomic mass is 9.95. The largest absolute Gasteiger partial charge is 0.396 e. The van der Waals surface area contributed by atoms with Crippen LogP contribution in [0, 0.1) is 11.8 Å². The van der Waals surface area contributed by atoms with Crippen LogP contribution >= 0.6 is 0 Å². The minimum Gasteiger partial charge on any atom is -0.396 e. The predicted octanol–water partition coefficient (Wildman–Crippen LogP) is 1.64. The molecule has 3 nitrogen and oxygen atoms in total. The maximum atomic E-state index is 9.15. The highest BCUT2D eigenvalue weighted by Crippen LogP contribution is 2.23. The molecule has 1 aromatic carbocycles. The first-order valence-corrected chi connectivity index (χ1v) is 6.84. The first-order chi connectivity index (χ1) is 8.70. The number of likely N-dealkylation sites (tertiary alicyclic amines) is 1. The molecule has 0 spiro atoms. The van der Waals surface area contributed by atoms with E-state index < -0.39 is 0 Å². The lowest BCUT2D eigenvalue weighted by Crippen LogP contribution is -2.32. The highest BCUT2D eigenvalue weighted by atomic mass is 16.3. The van der Waals surface area contributed by atoms with Crippen molar-refractivity contribution < 1.29 is 5.11 Å². The van der Waals surface area contributed by atoms with Gasteiger partial charge in [0.25, 0.3) is 0 Å². The first kappa shape index (κ1) is 13.5. The second kappa shape index (κ2) is 6.32. The number of aliphatic hydroxyl groups excluding tert-OH is 1. The summed E-state index contributed by atoms with van der Waals surface area (Å²) < 4.78 is 0. The highest BCUT2D eigenvalue weighted by molar-refractivity contribution is 5.19. The maximum Gasteiger partial charge on any atom is 0.0471 e. The molecule has 3 heteroatoms. The SMILES string of the molecule is CC(CN1CCC(CO)C1)C(N)c1ccccc1. The Morgan fingerprint density at radius 3 is 2.72 bits per heavy atom. The van der Waals surface area contributed by atoms with Crippen LogP contribution in [0.2, 0.25) is 0 Å². The van der Waals surface area contributed by atoms with Gasteiger partial charge in [0.15, 0.2) is 0 Å². The van der Waals surface area contributed by atoms with E-state index in [-0.39, 0.29) is 6.04 Å². The second-order valence-electron chi connectivity index (χ2n) is 5.51. The Kier molecular flexibility index (Phi) is 4.75. The van der Waals surface area contributed by atoms with Crippen LogP contribution in [0.1, 0.15) is 24.9 Å². The van der Waals surface area contributed by atoms with Crippen molar-refractivity contribution in [2.75, 3.05) is 26.2 Å². The Labute approximate surface area is 110 Å². The third kappa shape index (κ3) is 3.31. The molecule has 0 saturated carbocycles. The molecule has 1 aliphatic rings. The molecule has 1 aromatic rings. The molecule has 0 radical (unpaired) electrons. The molecule has 1 heterocycles. The van der Waals surface area contributed by atoms with Gasteiger partial charge in [0.2, 0.25) is 0 Å². The molecule has 1 fully saturated rings. The van der Waals surface area contributed by atoms with E-state index in [9.17, 15) is 0 Å². The van der Waals surface area contributed by atoms with Gasteiger partial charge in [0.05, 0.1) is 0 Å². The second-order valence-corrected chi connectivity index (χ2v) is 5.51. The summed E-state index contributed by atoms with van der Waals surface area (Å²) in [5.74, 6) is 0.898. The van der Waals surface area contributed by atoms with Gasteiger partial charge >= 0.3 is 0 Å². The summed E-state index contributed by atoms with van der Waals surface area (Å²) in [6.45, 7) is 5.66. The van der Waals surface area contributed by atoms with Crippen LogP contribution in [0.25, 0.3) is 0 Å². The summed E-state index contributed by atoms with van der Waals surface area (Å²) in [6, 6.07) is 10.4. The topological polar surface area (TPSA) is 49.5 Å². The lowest BCUT2D eigenvalue weighted by Gasteiger charge is -2.25. The Bertz CT molecular complexity index is 355. The summed E-state index contributed by atoms with van der Waals surface area (Å²) in [5.41, 5.74) is 7.52. The zero-order chi connectivity index (χ0) is 13.0. The molecule has 0 amide bonds. The molecule has 0 bridgehead atoms. The molecule has 3 unspecified atom stereocenters. The van der Waals surface area contributed by atoms with Crippen LogP contribution in [0.5, 0.6) is 0 Å². The predicted molar refractivity (Wildman–Crippen MR) is 74.2 cm³/mol. The van der Waals surface area contributed by atoms with Crippen LogP contribution in [-0.4, -0.2) is 36.2 Å². The average molecular weight is 248 g/mol. The normalized spacial score (nSPS) is 24.1. The van der Waals surface area contributed by atoms with Crippen LogP contribution < -0.4 is 5.73 Å². The number of nitrogens with zero attached hydrogens (tertiary/aromatic N) is 1. The van der Waals surface area contributed by atoms with E-state index in [1.54, 1.807) is 0 Å². The summed E-state index contributed by atoms with van der Waals surface area (Å²) in [6.07, 6.45) is 1.11. The van der Waals surface area contributed by atoms with Gasteiger partial charge in [0, 0.05) is 25.7 Å². The fourth-order valence-electron chi connectivity index (χ4n) is 2.75. The van der Waals surface area contributed by atoms with Gasteiger partial charge in [-0.05, 0) is 30.4 Å². The molecule has 18 heavy (non-hydrogen) atoms. The highest BCUT2D eigenvalue weighted by Gasteiger charge is 2.25. The number of hydrogen-bond acceptors (Lipinski definition) is 3. The third-order valence-electron chi connectivity index (χ3n) is 3.97. The number of nitrogens with two attached hydrogens (primary N) is 1. The molecule has 100 valence electrons. The van der Waals surface area contributed by atoms with E-state index in [0.717, 1.165) is 26.1 Å². The molecule has 3 N–H and O–H groups in total. The molecule has 0 aliphatic carbocycles. The Morgan fingerprint density at radius 1 is 1.39 bits per heavy atom. The average Bonchev–Trinajstić information content (AvgIpc) is 2.86. The van der Waals surface area contributed by atoms with Crippen molar-refractivity contribution in [3.05, 3.63) is 35.9 Å². The van der Waals surface area contributed by atoms with E-state index in [1.807, 2.05) is 18.2 Å². The molecule has 0 aromatic heterocycles. The standard InChI is InChI=1S/C15H24N2O/c1-12(9-17-8-7-13(10-17)11-18)15(16)14-5-3-2-4-6-14/h2-6,12-13,15,18H,7-11,16H2,1H3. The summed E-state index contributed by atoms with van der Waals surface area (Å²) in [7, 11) is 0. The van der Waals surface area contributed by atoms with Crippen LogP contribution in [0.3, 0.4) is 0 Å². The number of aliphatic hydroxyl groups is 1. The van der Waals surface area contributed by atoms with E-state index in [1.165, 1.54) is 5.56 Å². The van der Waals surface area contributed by atoms with E-state index in [2.05, 4.69) is 24.0 Å². The van der Waals surface area contributed by atoms with Crippen molar-refractivity contribution >= 4 is 0 Å². The van der Waals surface area contributed by atoms with Gasteiger partial charge in [-0.3, -0.25) is 0 Å². The van der Waals surface area contributed by atoms with Gasteiger partial charge in [-0.15, -0.1) is 0 Å². The van der Waals surface area contributed by atoms with Crippen molar-refractivity contribution in [1.29, 1.82) is 0 Å². The minimum absolute atomic E-state index is 0.0966. The summed E-state index contributed by atoms with van der Waals surface area (Å²) >= 11 is 0. The van der Waals surface area contributed by atoms with Crippen molar-refractivity contribution in [1.82, 2.24) is 4.90 Å². The van der Waals surface area contributed by atoms with Gasteiger partial charge in [-0.25, -0.2) is 0 Å². The van der Waals surface area contributed by atoms with Crippen LogP contribution in [0.15, 0.2) is 30.3 Å². The molecule has 1 saturated heterocycles. The van der Waals surface area contributed by atoms with Crippen molar-refractivity contribution in [2.45, 2.75) is 19.4 Å². The van der Waals surface area contributed by atoms with Gasteiger partial charge in [-0.2, -0.15) is 0 Å². The number of benzene rings is 1. The maximum absolute atomic E-state index is 9.15. The van der Waals surface area contributed by atoms with Crippen LogP contribution in [-0.2, 0) is 0 Å². The number of hydrogen-bond donors (Lipinski definition) is 2. The Hall–Kier alpha value is -0.900. The van der Waals surface area contributed by atoms with Crippen LogP contribution in [0.4, 0.5) is 0 Å². The van der Waals surface area contributed by atoms with Crippen molar-refractivity contribution in [3.8, 4) is 0 Å². The number of rotatable bonds is 5. The third-order valence-corrected chi connectivity index (χ3v) is 3.97.